The standard InChI is InChI=1S/C15H20ClN5.HI/c1-17-15(18-9-11-21-10-5-8-19-21)20(2)12-13-6-3-4-7-14(13)16;/h3-8,10H,9,11-12H2,1-2H3,(H,17,18);1H. The first-order valence-corrected chi connectivity index (χ1v) is 7.21. The zero-order chi connectivity index (χ0) is 15.1. The van der Waals surface area contributed by atoms with Crippen molar-refractivity contribution in [2.45, 2.75) is 13.1 Å². The molecule has 0 atom stereocenters. The smallest absolute Gasteiger partial charge is 0.193 e. The number of benzene rings is 1. The first-order valence-electron chi connectivity index (χ1n) is 6.83. The second kappa shape index (κ2) is 9.68. The topological polar surface area (TPSA) is 45.5 Å². The second-order valence-electron chi connectivity index (χ2n) is 4.69. The van der Waals surface area contributed by atoms with Gasteiger partial charge in [-0.1, -0.05) is 29.8 Å². The van der Waals surface area contributed by atoms with Crippen LogP contribution in [-0.4, -0.2) is 41.3 Å². The van der Waals surface area contributed by atoms with E-state index >= 15 is 0 Å². The minimum Gasteiger partial charge on any atom is -0.354 e. The third-order valence-corrected chi connectivity index (χ3v) is 3.49. The van der Waals surface area contributed by atoms with E-state index in [1.165, 1.54) is 0 Å². The van der Waals surface area contributed by atoms with Gasteiger partial charge in [0.25, 0.3) is 0 Å². The van der Waals surface area contributed by atoms with Crippen LogP contribution < -0.4 is 5.32 Å². The summed E-state index contributed by atoms with van der Waals surface area (Å²) < 4.78 is 1.88. The highest BCUT2D eigenvalue weighted by Gasteiger charge is 2.08. The van der Waals surface area contributed by atoms with Gasteiger partial charge < -0.3 is 10.2 Å². The summed E-state index contributed by atoms with van der Waals surface area (Å²) in [7, 11) is 3.77. The summed E-state index contributed by atoms with van der Waals surface area (Å²) in [6.45, 7) is 2.27. The molecule has 0 saturated heterocycles. The Morgan fingerprint density at radius 3 is 2.77 bits per heavy atom. The molecule has 0 aliphatic carbocycles. The lowest BCUT2D eigenvalue weighted by atomic mass is 10.2. The molecule has 2 aromatic rings. The molecule has 0 saturated carbocycles. The van der Waals surface area contributed by atoms with Crippen LogP contribution in [-0.2, 0) is 13.1 Å². The summed E-state index contributed by atoms with van der Waals surface area (Å²) >= 11 is 6.19. The van der Waals surface area contributed by atoms with E-state index in [2.05, 4.69) is 15.4 Å². The summed E-state index contributed by atoms with van der Waals surface area (Å²) in [6, 6.07) is 9.76. The van der Waals surface area contributed by atoms with E-state index in [1.807, 2.05) is 53.2 Å². The van der Waals surface area contributed by atoms with Gasteiger partial charge in [0.05, 0.1) is 6.54 Å². The molecule has 0 amide bonds. The van der Waals surface area contributed by atoms with Crippen molar-refractivity contribution < 1.29 is 0 Å². The van der Waals surface area contributed by atoms with Crippen LogP contribution in [0.25, 0.3) is 0 Å². The predicted molar refractivity (Wildman–Crippen MR) is 102 cm³/mol. The van der Waals surface area contributed by atoms with Crippen molar-refractivity contribution in [3.8, 4) is 0 Å². The van der Waals surface area contributed by atoms with E-state index in [0.717, 1.165) is 29.6 Å². The molecule has 0 aliphatic rings. The monoisotopic (exact) mass is 433 g/mol. The zero-order valence-electron chi connectivity index (χ0n) is 12.7. The van der Waals surface area contributed by atoms with Crippen LogP contribution in [0.3, 0.4) is 0 Å². The highest BCUT2D eigenvalue weighted by Crippen LogP contribution is 2.16. The fourth-order valence-electron chi connectivity index (χ4n) is 2.06. The minimum atomic E-state index is 0. The number of nitrogens with one attached hydrogen (secondary N) is 1. The zero-order valence-corrected chi connectivity index (χ0v) is 15.8. The molecule has 5 nitrogen and oxygen atoms in total. The lowest BCUT2D eigenvalue weighted by Crippen LogP contribution is -2.39. The minimum absolute atomic E-state index is 0. The van der Waals surface area contributed by atoms with E-state index in [1.54, 1.807) is 13.2 Å². The van der Waals surface area contributed by atoms with E-state index in [4.69, 9.17) is 11.6 Å². The molecule has 0 fully saturated rings. The fourth-order valence-corrected chi connectivity index (χ4v) is 2.25. The fraction of sp³-hybridized carbons (Fsp3) is 0.333. The predicted octanol–water partition coefficient (Wildman–Crippen LogP) is 2.86. The third kappa shape index (κ3) is 5.49. The molecule has 22 heavy (non-hydrogen) atoms. The van der Waals surface area contributed by atoms with E-state index in [-0.39, 0.29) is 24.0 Å². The lowest BCUT2D eigenvalue weighted by Gasteiger charge is -2.22. The van der Waals surface area contributed by atoms with Crippen LogP contribution in [0.2, 0.25) is 5.02 Å². The van der Waals surface area contributed by atoms with Crippen LogP contribution in [0.5, 0.6) is 0 Å². The van der Waals surface area contributed by atoms with Gasteiger partial charge in [0.2, 0.25) is 0 Å². The van der Waals surface area contributed by atoms with Crippen LogP contribution in [0, 0.1) is 0 Å². The van der Waals surface area contributed by atoms with Gasteiger partial charge in [0.15, 0.2) is 5.96 Å². The molecule has 0 spiro atoms. The molecule has 1 aromatic carbocycles. The first kappa shape index (κ1) is 18.8. The Balaban J connectivity index is 0.00000242. The number of rotatable bonds is 5. The molecule has 7 heteroatoms. The summed E-state index contributed by atoms with van der Waals surface area (Å²) in [6.07, 6.45) is 3.72. The largest absolute Gasteiger partial charge is 0.354 e. The van der Waals surface area contributed by atoms with Gasteiger partial charge >= 0.3 is 0 Å². The Morgan fingerprint density at radius 1 is 1.36 bits per heavy atom. The first-order chi connectivity index (χ1) is 10.2. The second-order valence-corrected chi connectivity index (χ2v) is 5.10. The Labute approximate surface area is 153 Å². The molecule has 0 unspecified atom stereocenters. The van der Waals surface area contributed by atoms with Crippen LogP contribution >= 0.6 is 35.6 Å². The lowest BCUT2D eigenvalue weighted by molar-refractivity contribution is 0.470. The number of guanidine groups is 1. The highest BCUT2D eigenvalue weighted by molar-refractivity contribution is 14.0. The quantitative estimate of drug-likeness (QED) is 0.448. The van der Waals surface area contributed by atoms with Crippen molar-refractivity contribution in [1.29, 1.82) is 0 Å². The third-order valence-electron chi connectivity index (χ3n) is 3.12. The summed E-state index contributed by atoms with van der Waals surface area (Å²) in [5.41, 5.74) is 1.08. The van der Waals surface area contributed by atoms with E-state index < -0.39 is 0 Å². The average molecular weight is 434 g/mol. The molecule has 0 radical (unpaired) electrons. The average Bonchev–Trinajstić information content (AvgIpc) is 2.99. The molecule has 0 bridgehead atoms. The molecular weight excluding hydrogens is 413 g/mol. The maximum atomic E-state index is 6.19. The number of aromatic nitrogens is 2. The number of hydrogen-bond acceptors (Lipinski definition) is 2. The highest BCUT2D eigenvalue weighted by atomic mass is 127. The van der Waals surface area contributed by atoms with Gasteiger partial charge in [-0.05, 0) is 17.7 Å². The Kier molecular flexibility index (Phi) is 8.26. The van der Waals surface area contributed by atoms with E-state index in [0.29, 0.717) is 6.54 Å². The van der Waals surface area contributed by atoms with Gasteiger partial charge in [0, 0.05) is 44.6 Å². The molecule has 1 heterocycles. The van der Waals surface area contributed by atoms with Crippen molar-refractivity contribution >= 4 is 41.5 Å². The molecule has 120 valence electrons. The number of halogens is 2. The number of aliphatic imine (C=N–C) groups is 1. The molecule has 2 rings (SSSR count). The summed E-state index contributed by atoms with van der Waals surface area (Å²) in [5.74, 6) is 0.835. The van der Waals surface area contributed by atoms with Crippen molar-refractivity contribution in [3.63, 3.8) is 0 Å². The number of nitrogens with zero attached hydrogens (tertiary/aromatic N) is 4. The maximum Gasteiger partial charge on any atom is 0.193 e. The molecular formula is C15H21ClIN5. The Hall–Kier alpha value is -1.28. The maximum absolute atomic E-state index is 6.19. The van der Waals surface area contributed by atoms with Crippen LogP contribution in [0.15, 0.2) is 47.7 Å². The SMILES string of the molecule is CN=C(NCCn1cccn1)N(C)Cc1ccccc1Cl.I. The van der Waals surface area contributed by atoms with Crippen LogP contribution in [0.1, 0.15) is 5.56 Å². The van der Waals surface area contributed by atoms with Gasteiger partial charge in [-0.3, -0.25) is 9.67 Å². The van der Waals surface area contributed by atoms with Crippen molar-refractivity contribution in [1.82, 2.24) is 20.0 Å². The van der Waals surface area contributed by atoms with Gasteiger partial charge in [-0.2, -0.15) is 5.10 Å². The molecule has 0 aliphatic heterocycles. The van der Waals surface area contributed by atoms with Gasteiger partial charge in [-0.25, -0.2) is 0 Å². The normalized spacial score (nSPS) is 11.0. The Bertz CT molecular complexity index is 585. The van der Waals surface area contributed by atoms with Gasteiger partial charge in [0.1, 0.15) is 0 Å². The number of hydrogen-bond donors (Lipinski definition) is 1. The van der Waals surface area contributed by atoms with Crippen molar-refractivity contribution in [2.75, 3.05) is 20.6 Å². The van der Waals surface area contributed by atoms with Crippen molar-refractivity contribution in [2.24, 2.45) is 4.99 Å². The molecule has 1 aromatic heterocycles. The van der Waals surface area contributed by atoms with Crippen molar-refractivity contribution in [3.05, 3.63) is 53.3 Å². The summed E-state index contributed by atoms with van der Waals surface area (Å²) in [4.78, 5) is 6.34. The van der Waals surface area contributed by atoms with Crippen LogP contribution in [0.4, 0.5) is 0 Å². The molecule has 1 N–H and O–H groups in total. The van der Waals surface area contributed by atoms with E-state index in [9.17, 15) is 0 Å². The van der Waals surface area contributed by atoms with Gasteiger partial charge in [-0.15, -0.1) is 24.0 Å². The Morgan fingerprint density at radius 2 is 2.14 bits per heavy atom. The summed E-state index contributed by atoms with van der Waals surface area (Å²) in [5, 5.41) is 8.26.